The van der Waals surface area contributed by atoms with E-state index in [1.54, 1.807) is 56.9 Å². The number of ether oxygens (including phenoxy) is 9. The van der Waals surface area contributed by atoms with Crippen LogP contribution < -0.4 is 37.9 Å². The summed E-state index contributed by atoms with van der Waals surface area (Å²) in [5.74, 6) is 4.26. The van der Waals surface area contributed by atoms with Gasteiger partial charge < -0.3 is 42.6 Å². The zero-order valence-electron chi connectivity index (χ0n) is 22.9. The monoisotopic (exact) mass is 526 g/mol. The lowest BCUT2D eigenvalue weighted by atomic mass is 9.78. The van der Waals surface area contributed by atoms with Crippen molar-refractivity contribution in [1.29, 1.82) is 0 Å². The molecular formula is C29H34O9. The lowest BCUT2D eigenvalue weighted by molar-refractivity contribution is -0.0242. The second-order valence-corrected chi connectivity index (χ2v) is 8.52. The van der Waals surface area contributed by atoms with Crippen molar-refractivity contribution >= 4 is 0 Å². The molecule has 0 N–H and O–H groups in total. The summed E-state index contributed by atoms with van der Waals surface area (Å²) in [7, 11) is 12.9. The molecule has 0 aromatic heterocycles. The van der Waals surface area contributed by atoms with Crippen molar-refractivity contribution in [3.63, 3.8) is 0 Å². The molecule has 4 rings (SSSR count). The summed E-state index contributed by atoms with van der Waals surface area (Å²) in [5.41, 5.74) is 2.37. The molecule has 0 saturated heterocycles. The molecule has 0 fully saturated rings. The number of hydrogen-bond acceptors (Lipinski definition) is 9. The summed E-state index contributed by atoms with van der Waals surface area (Å²) in [6.07, 6.45) is -1.08. The van der Waals surface area contributed by atoms with Crippen LogP contribution in [-0.4, -0.2) is 63.0 Å². The average Bonchev–Trinajstić information content (AvgIpc) is 2.98. The highest BCUT2D eigenvalue weighted by atomic mass is 16.5. The molecule has 9 heteroatoms. The molecule has 0 spiro atoms. The van der Waals surface area contributed by atoms with E-state index in [9.17, 15) is 0 Å². The molecule has 1 heterocycles. The Labute approximate surface area is 223 Å². The molecule has 0 aliphatic carbocycles. The van der Waals surface area contributed by atoms with Crippen LogP contribution in [-0.2, 0) is 4.74 Å². The third kappa shape index (κ3) is 4.69. The Kier molecular flexibility index (Phi) is 8.26. The van der Waals surface area contributed by atoms with E-state index in [0.29, 0.717) is 46.0 Å². The Hall–Kier alpha value is -3.98. The first-order chi connectivity index (χ1) is 18.5. The van der Waals surface area contributed by atoms with Crippen LogP contribution in [0.25, 0.3) is 0 Å². The zero-order valence-corrected chi connectivity index (χ0v) is 22.9. The summed E-state index contributed by atoms with van der Waals surface area (Å²) >= 11 is 0. The Morgan fingerprint density at radius 1 is 0.526 bits per heavy atom. The van der Waals surface area contributed by atoms with Gasteiger partial charge in [0.15, 0.2) is 17.6 Å². The number of methoxy groups -OCH3 is 8. The number of fused-ring (bicyclic) bond motifs is 1. The molecule has 0 saturated carbocycles. The Balaban J connectivity index is 2.03. The van der Waals surface area contributed by atoms with Crippen LogP contribution in [0.15, 0.2) is 42.5 Å². The molecule has 3 aromatic carbocycles. The normalized spacial score (nSPS) is 18.1. The Morgan fingerprint density at radius 2 is 1.05 bits per heavy atom. The van der Waals surface area contributed by atoms with Gasteiger partial charge in [0.05, 0.1) is 55.7 Å². The molecule has 9 nitrogen and oxygen atoms in total. The summed E-state index contributed by atoms with van der Waals surface area (Å²) in [6, 6.07) is 13.0. The van der Waals surface area contributed by atoms with Gasteiger partial charge in [0, 0.05) is 42.5 Å². The molecule has 0 bridgehead atoms. The number of rotatable bonds is 10. The van der Waals surface area contributed by atoms with Gasteiger partial charge in [-0.1, -0.05) is 6.07 Å². The second-order valence-electron chi connectivity index (χ2n) is 8.52. The number of benzene rings is 3. The van der Waals surface area contributed by atoms with E-state index in [2.05, 4.69) is 0 Å². The van der Waals surface area contributed by atoms with Crippen molar-refractivity contribution in [1.82, 2.24) is 0 Å². The van der Waals surface area contributed by atoms with Gasteiger partial charge in [0.1, 0.15) is 40.6 Å². The van der Waals surface area contributed by atoms with Crippen LogP contribution in [0.1, 0.15) is 28.7 Å². The predicted molar refractivity (Wildman–Crippen MR) is 141 cm³/mol. The van der Waals surface area contributed by atoms with Crippen molar-refractivity contribution in [2.75, 3.05) is 56.9 Å². The molecule has 3 aromatic rings. The van der Waals surface area contributed by atoms with Gasteiger partial charge in [-0.2, -0.15) is 0 Å². The van der Waals surface area contributed by atoms with Gasteiger partial charge >= 0.3 is 0 Å². The SMILES string of the molecule is COc1cc(OC)c([C@@H]2c3c(OC)cc(OC)cc3O[C@H](c3ccc(OC)c(OC)c3)[C@H]2OC)c(OC)c1. The van der Waals surface area contributed by atoms with Gasteiger partial charge in [-0.25, -0.2) is 0 Å². The molecular weight excluding hydrogens is 492 g/mol. The first-order valence-corrected chi connectivity index (χ1v) is 12.0. The van der Waals surface area contributed by atoms with E-state index in [4.69, 9.17) is 42.6 Å². The third-order valence-corrected chi connectivity index (χ3v) is 6.80. The molecule has 204 valence electrons. The van der Waals surface area contributed by atoms with Crippen LogP contribution in [0.3, 0.4) is 0 Å². The van der Waals surface area contributed by atoms with E-state index in [0.717, 1.165) is 16.7 Å². The quantitative estimate of drug-likeness (QED) is 0.361. The highest BCUT2D eigenvalue weighted by Crippen LogP contribution is 2.56. The van der Waals surface area contributed by atoms with Crippen molar-refractivity contribution < 1.29 is 42.6 Å². The topological polar surface area (TPSA) is 83.1 Å². The fraction of sp³-hybridized carbons (Fsp3) is 0.379. The fourth-order valence-electron chi connectivity index (χ4n) is 5.01. The molecule has 1 aliphatic rings. The Morgan fingerprint density at radius 3 is 1.55 bits per heavy atom. The van der Waals surface area contributed by atoms with Crippen LogP contribution in [0.2, 0.25) is 0 Å². The first-order valence-electron chi connectivity index (χ1n) is 12.0. The van der Waals surface area contributed by atoms with Crippen molar-refractivity contribution in [2.45, 2.75) is 18.1 Å². The van der Waals surface area contributed by atoms with Crippen LogP contribution in [0, 0.1) is 0 Å². The molecule has 0 unspecified atom stereocenters. The standard InChI is InChI=1S/C29H34O9/c1-30-17-12-21(34-5)25(22(13-17)35-6)27-26-23(36-7)14-18(31-2)15-24(26)38-28(29(27)37-8)16-9-10-19(32-3)20(11-16)33-4/h9-15,27-29H,1-8H3/t27-,28-,29+/m1/s1. The Bertz CT molecular complexity index is 1250. The lowest BCUT2D eigenvalue weighted by Gasteiger charge is -2.40. The average molecular weight is 527 g/mol. The molecule has 0 amide bonds. The van der Waals surface area contributed by atoms with E-state index >= 15 is 0 Å². The summed E-state index contributed by atoms with van der Waals surface area (Å²) < 4.78 is 52.5. The van der Waals surface area contributed by atoms with E-state index < -0.39 is 18.1 Å². The molecule has 3 atom stereocenters. The maximum Gasteiger partial charge on any atom is 0.161 e. The number of hydrogen-bond donors (Lipinski definition) is 0. The predicted octanol–water partition coefficient (Wildman–Crippen LogP) is 5.03. The van der Waals surface area contributed by atoms with Gasteiger partial charge in [-0.3, -0.25) is 0 Å². The van der Waals surface area contributed by atoms with E-state index in [1.165, 1.54) is 0 Å². The fourth-order valence-corrected chi connectivity index (χ4v) is 5.01. The van der Waals surface area contributed by atoms with E-state index in [1.807, 2.05) is 42.5 Å². The minimum Gasteiger partial charge on any atom is -0.496 e. The second kappa shape index (κ2) is 11.6. The van der Waals surface area contributed by atoms with Gasteiger partial charge in [0.25, 0.3) is 0 Å². The molecule has 0 radical (unpaired) electrons. The maximum absolute atomic E-state index is 6.64. The summed E-state index contributed by atoms with van der Waals surface area (Å²) in [6.45, 7) is 0. The lowest BCUT2D eigenvalue weighted by Crippen LogP contribution is -2.37. The maximum atomic E-state index is 6.64. The largest absolute Gasteiger partial charge is 0.496 e. The van der Waals surface area contributed by atoms with E-state index in [-0.39, 0.29) is 0 Å². The highest BCUT2D eigenvalue weighted by Gasteiger charge is 2.45. The minimum atomic E-state index is -0.550. The van der Waals surface area contributed by atoms with Gasteiger partial charge in [-0.15, -0.1) is 0 Å². The highest BCUT2D eigenvalue weighted by molar-refractivity contribution is 5.63. The summed E-state index contributed by atoms with van der Waals surface area (Å²) in [5, 5.41) is 0. The van der Waals surface area contributed by atoms with Crippen molar-refractivity contribution in [3.05, 3.63) is 59.2 Å². The van der Waals surface area contributed by atoms with Crippen LogP contribution in [0.5, 0.6) is 46.0 Å². The molecule has 1 aliphatic heterocycles. The van der Waals surface area contributed by atoms with Crippen LogP contribution in [0.4, 0.5) is 0 Å². The third-order valence-electron chi connectivity index (χ3n) is 6.80. The van der Waals surface area contributed by atoms with Gasteiger partial charge in [0.2, 0.25) is 0 Å². The van der Waals surface area contributed by atoms with Crippen molar-refractivity contribution in [2.24, 2.45) is 0 Å². The first kappa shape index (κ1) is 27.1. The van der Waals surface area contributed by atoms with Gasteiger partial charge in [-0.05, 0) is 17.7 Å². The molecule has 38 heavy (non-hydrogen) atoms. The summed E-state index contributed by atoms with van der Waals surface area (Å²) in [4.78, 5) is 0. The minimum absolute atomic E-state index is 0.432. The smallest absolute Gasteiger partial charge is 0.161 e. The van der Waals surface area contributed by atoms with Crippen molar-refractivity contribution in [3.8, 4) is 46.0 Å². The zero-order chi connectivity index (χ0) is 27.4. The van der Waals surface area contributed by atoms with Crippen LogP contribution >= 0.6 is 0 Å².